The van der Waals surface area contributed by atoms with Crippen LogP contribution in [0.1, 0.15) is 10.5 Å². The first-order valence-electron chi connectivity index (χ1n) is 6.58. The fraction of sp³-hybridized carbons (Fsp3) is 0.429. The van der Waals surface area contributed by atoms with Crippen LogP contribution in [0.5, 0.6) is 0 Å². The van der Waals surface area contributed by atoms with Gasteiger partial charge in [-0.3, -0.25) is 9.59 Å². The lowest BCUT2D eigenvalue weighted by atomic mass is 10.2. The Balaban J connectivity index is 2.22. The van der Waals surface area contributed by atoms with E-state index in [1.165, 1.54) is 11.1 Å². The Kier molecular flexibility index (Phi) is 4.21. The minimum atomic E-state index is -0.187. The zero-order valence-corrected chi connectivity index (χ0v) is 12.7. The third-order valence-electron chi connectivity index (χ3n) is 3.02. The smallest absolute Gasteiger partial charge is 0.272 e. The van der Waals surface area contributed by atoms with Gasteiger partial charge in [0.05, 0.1) is 13.1 Å². The molecule has 0 atom stereocenters. The molecule has 1 fully saturated rings. The quantitative estimate of drug-likeness (QED) is 0.730. The number of anilines is 1. The average molecular weight is 289 g/mol. The van der Waals surface area contributed by atoms with Crippen molar-refractivity contribution < 1.29 is 9.59 Å². The van der Waals surface area contributed by atoms with Gasteiger partial charge in [0, 0.05) is 46.2 Å². The van der Waals surface area contributed by atoms with Crippen LogP contribution >= 0.6 is 0 Å². The number of hydrogen-bond acceptors (Lipinski definition) is 6. The molecule has 7 heteroatoms. The highest BCUT2D eigenvalue weighted by molar-refractivity contribution is 6.02. The lowest BCUT2D eigenvalue weighted by Gasteiger charge is -2.15. The first kappa shape index (κ1) is 15.0. The molecule has 1 saturated heterocycles. The van der Waals surface area contributed by atoms with Crippen molar-refractivity contribution in [1.82, 2.24) is 19.8 Å². The summed E-state index contributed by atoms with van der Waals surface area (Å²) in [6.07, 6.45) is 3.34. The van der Waals surface area contributed by atoms with Crippen LogP contribution in [0.4, 0.5) is 5.95 Å². The monoisotopic (exact) mass is 289 g/mol. The number of rotatable bonds is 3. The summed E-state index contributed by atoms with van der Waals surface area (Å²) in [6.45, 7) is 0.690. The van der Waals surface area contributed by atoms with Crippen molar-refractivity contribution in [3.8, 4) is 0 Å². The fourth-order valence-electron chi connectivity index (χ4n) is 2.04. The molecule has 1 amide bonds. The minimum absolute atomic E-state index is 0.0524. The van der Waals surface area contributed by atoms with E-state index >= 15 is 0 Å². The van der Waals surface area contributed by atoms with Gasteiger partial charge in [-0.2, -0.15) is 0 Å². The second-order valence-corrected chi connectivity index (χ2v) is 5.34. The highest BCUT2D eigenvalue weighted by atomic mass is 16.2. The van der Waals surface area contributed by atoms with Crippen LogP contribution in [0.2, 0.25) is 0 Å². The molecule has 21 heavy (non-hydrogen) atoms. The predicted molar refractivity (Wildman–Crippen MR) is 79.0 cm³/mol. The van der Waals surface area contributed by atoms with Gasteiger partial charge >= 0.3 is 0 Å². The Labute approximate surface area is 123 Å². The second kappa shape index (κ2) is 5.90. The Hall–Kier alpha value is -2.44. The SMILES string of the molecule is CN(C)C=C1CN(c2nccc(C(=O)N(C)C)n2)CC1=O. The first-order chi connectivity index (χ1) is 9.88. The summed E-state index contributed by atoms with van der Waals surface area (Å²) in [6, 6.07) is 1.57. The molecule has 0 aromatic carbocycles. The summed E-state index contributed by atoms with van der Waals surface area (Å²) in [5.41, 5.74) is 1.04. The van der Waals surface area contributed by atoms with E-state index in [1.54, 1.807) is 31.3 Å². The van der Waals surface area contributed by atoms with Gasteiger partial charge in [-0.1, -0.05) is 0 Å². The van der Waals surface area contributed by atoms with Crippen LogP contribution in [0, 0.1) is 0 Å². The van der Waals surface area contributed by atoms with Crippen molar-refractivity contribution >= 4 is 17.6 Å². The Morgan fingerprint density at radius 2 is 2.00 bits per heavy atom. The molecule has 112 valence electrons. The van der Waals surface area contributed by atoms with Crippen molar-refractivity contribution in [2.45, 2.75) is 0 Å². The molecule has 1 aromatic rings. The van der Waals surface area contributed by atoms with E-state index < -0.39 is 0 Å². The van der Waals surface area contributed by atoms with Crippen molar-refractivity contribution in [3.63, 3.8) is 0 Å². The summed E-state index contributed by atoms with van der Waals surface area (Å²) in [5.74, 6) is 0.267. The Morgan fingerprint density at radius 3 is 2.62 bits per heavy atom. The van der Waals surface area contributed by atoms with Crippen LogP contribution in [-0.4, -0.2) is 72.7 Å². The standard InChI is InChI=1S/C14H19N5O2/c1-17(2)7-10-8-19(9-12(10)20)14-15-6-5-11(16-14)13(21)18(3)4/h5-7H,8-9H2,1-4H3. The van der Waals surface area contributed by atoms with E-state index in [1.807, 2.05) is 19.0 Å². The molecule has 0 N–H and O–H groups in total. The second-order valence-electron chi connectivity index (χ2n) is 5.34. The number of Topliss-reactive ketones (excluding diaryl/α,β-unsaturated/α-hetero) is 1. The van der Waals surface area contributed by atoms with E-state index in [9.17, 15) is 9.59 Å². The first-order valence-corrected chi connectivity index (χ1v) is 6.58. The van der Waals surface area contributed by atoms with E-state index in [4.69, 9.17) is 0 Å². The highest BCUT2D eigenvalue weighted by Gasteiger charge is 2.27. The molecule has 0 spiro atoms. The number of ketones is 1. The minimum Gasteiger partial charge on any atom is -0.383 e. The van der Waals surface area contributed by atoms with E-state index in [2.05, 4.69) is 9.97 Å². The summed E-state index contributed by atoms with van der Waals surface area (Å²) >= 11 is 0. The summed E-state index contributed by atoms with van der Waals surface area (Å²) in [7, 11) is 7.08. The molecule has 2 heterocycles. The van der Waals surface area contributed by atoms with Crippen LogP contribution in [0.25, 0.3) is 0 Å². The van der Waals surface area contributed by atoms with E-state index in [-0.39, 0.29) is 18.2 Å². The maximum Gasteiger partial charge on any atom is 0.272 e. The average Bonchev–Trinajstić information content (AvgIpc) is 2.78. The molecule has 0 saturated carbocycles. The van der Waals surface area contributed by atoms with Gasteiger partial charge in [0.1, 0.15) is 5.69 Å². The molecule has 0 radical (unpaired) electrons. The fourth-order valence-corrected chi connectivity index (χ4v) is 2.04. The Morgan fingerprint density at radius 1 is 1.29 bits per heavy atom. The van der Waals surface area contributed by atoms with Crippen LogP contribution < -0.4 is 4.90 Å². The van der Waals surface area contributed by atoms with Gasteiger partial charge < -0.3 is 14.7 Å². The summed E-state index contributed by atoms with van der Waals surface area (Å²) in [4.78, 5) is 37.3. The van der Waals surface area contributed by atoms with Gasteiger partial charge in [0.2, 0.25) is 5.95 Å². The van der Waals surface area contributed by atoms with Gasteiger partial charge in [0.15, 0.2) is 5.78 Å². The van der Waals surface area contributed by atoms with Crippen LogP contribution in [-0.2, 0) is 4.79 Å². The predicted octanol–water partition coefficient (Wildman–Crippen LogP) is 0.0130. The molecule has 1 aliphatic rings. The summed E-state index contributed by atoms with van der Waals surface area (Å²) in [5, 5.41) is 0. The largest absolute Gasteiger partial charge is 0.383 e. The lowest BCUT2D eigenvalue weighted by Crippen LogP contribution is -2.26. The molecule has 2 rings (SSSR count). The Bertz CT molecular complexity index is 595. The molecule has 1 aliphatic heterocycles. The van der Waals surface area contributed by atoms with Gasteiger partial charge in [-0.05, 0) is 6.07 Å². The molecule has 0 bridgehead atoms. The van der Waals surface area contributed by atoms with Gasteiger partial charge in [-0.25, -0.2) is 9.97 Å². The normalized spacial score (nSPS) is 16.5. The third kappa shape index (κ3) is 3.36. The molecular weight excluding hydrogens is 270 g/mol. The van der Waals surface area contributed by atoms with Crippen LogP contribution in [0.15, 0.2) is 24.0 Å². The summed E-state index contributed by atoms with van der Waals surface area (Å²) < 4.78 is 0. The highest BCUT2D eigenvalue weighted by Crippen LogP contribution is 2.18. The maximum atomic E-state index is 12.0. The van der Waals surface area contributed by atoms with Crippen LogP contribution in [0.3, 0.4) is 0 Å². The van der Waals surface area contributed by atoms with Gasteiger partial charge in [0.25, 0.3) is 5.91 Å². The van der Waals surface area contributed by atoms with Crippen molar-refractivity contribution in [2.24, 2.45) is 0 Å². The maximum absolute atomic E-state index is 12.0. The number of hydrogen-bond donors (Lipinski definition) is 0. The zero-order valence-electron chi connectivity index (χ0n) is 12.7. The molecule has 0 unspecified atom stereocenters. The lowest BCUT2D eigenvalue weighted by molar-refractivity contribution is -0.113. The van der Waals surface area contributed by atoms with E-state index in [0.717, 1.165) is 0 Å². The molecule has 0 aliphatic carbocycles. The topological polar surface area (TPSA) is 69.6 Å². The number of amides is 1. The number of carbonyl (C=O) groups excluding carboxylic acids is 2. The van der Waals surface area contributed by atoms with Crippen molar-refractivity contribution in [2.75, 3.05) is 46.2 Å². The van der Waals surface area contributed by atoms with Gasteiger partial charge in [-0.15, -0.1) is 0 Å². The van der Waals surface area contributed by atoms with Crippen molar-refractivity contribution in [1.29, 1.82) is 0 Å². The van der Waals surface area contributed by atoms with Crippen molar-refractivity contribution in [3.05, 3.63) is 29.7 Å². The number of aromatic nitrogens is 2. The molecule has 7 nitrogen and oxygen atoms in total. The molecule has 1 aromatic heterocycles. The third-order valence-corrected chi connectivity index (χ3v) is 3.02. The van der Waals surface area contributed by atoms with E-state index in [0.29, 0.717) is 23.8 Å². The number of carbonyl (C=O) groups is 2. The number of nitrogens with zero attached hydrogens (tertiary/aromatic N) is 5. The zero-order chi connectivity index (χ0) is 15.6. The molecular formula is C14H19N5O2.